The number of morpholine rings is 1. The summed E-state index contributed by atoms with van der Waals surface area (Å²) in [5.41, 5.74) is 1.71. The smallest absolute Gasteiger partial charge is 0.478 e. The first-order valence-corrected chi connectivity index (χ1v) is 10.9. The van der Waals surface area contributed by atoms with Crippen molar-refractivity contribution in [1.29, 1.82) is 0 Å². The average molecular weight is 459 g/mol. The molecule has 170 valence electrons. The number of aliphatic carboxylic acids is 1. The summed E-state index contributed by atoms with van der Waals surface area (Å²) in [7, 11) is 0. The van der Waals surface area contributed by atoms with E-state index in [1.165, 1.54) is 23.9 Å². The van der Waals surface area contributed by atoms with Crippen molar-refractivity contribution in [2.75, 3.05) is 32.1 Å². The van der Waals surface area contributed by atoms with Crippen molar-refractivity contribution in [1.82, 2.24) is 9.80 Å². The van der Waals surface area contributed by atoms with Crippen LogP contribution in [0, 0.1) is 0 Å². The van der Waals surface area contributed by atoms with E-state index in [0.29, 0.717) is 49.2 Å². The Labute approximate surface area is 183 Å². The molecule has 1 N–H and O–H groups in total. The molecule has 0 saturated carbocycles. The van der Waals surface area contributed by atoms with E-state index in [4.69, 9.17) is 4.74 Å². The third-order valence-electron chi connectivity index (χ3n) is 5.01. The number of alkyl halides is 3. The molecule has 6 nitrogen and oxygen atoms in total. The second kappa shape index (κ2) is 9.97. The normalized spacial score (nSPS) is 20.6. The maximum absolute atomic E-state index is 12.4. The number of ether oxygens (including phenoxy) is 2. The molecule has 0 amide bonds. The van der Waals surface area contributed by atoms with Gasteiger partial charge in [-0.25, -0.2) is 4.79 Å². The van der Waals surface area contributed by atoms with Crippen molar-refractivity contribution in [2.24, 2.45) is 0 Å². The Balaban J connectivity index is 1.93. The SMILES string of the molecule is CCSC1=C(C(=O)O)C(C)=CC(N2CCOCC2)N1Cc1ccc(OC(F)(F)F)cc1. The quantitative estimate of drug-likeness (QED) is 0.661. The molecule has 1 unspecified atom stereocenters. The first-order valence-electron chi connectivity index (χ1n) is 9.92. The minimum Gasteiger partial charge on any atom is -0.478 e. The first kappa shape index (κ1) is 23.5. The van der Waals surface area contributed by atoms with Gasteiger partial charge in [-0.2, -0.15) is 0 Å². The summed E-state index contributed by atoms with van der Waals surface area (Å²) in [4.78, 5) is 16.2. The highest BCUT2D eigenvalue weighted by molar-refractivity contribution is 8.03. The highest BCUT2D eigenvalue weighted by atomic mass is 32.2. The van der Waals surface area contributed by atoms with Crippen LogP contribution in [0.2, 0.25) is 0 Å². The molecular formula is C21H25F3N2O4S. The molecule has 0 aromatic heterocycles. The van der Waals surface area contributed by atoms with Crippen LogP contribution >= 0.6 is 11.8 Å². The third-order valence-corrected chi connectivity index (χ3v) is 6.01. The van der Waals surface area contributed by atoms with E-state index in [9.17, 15) is 23.1 Å². The Morgan fingerprint density at radius 1 is 1.26 bits per heavy atom. The Morgan fingerprint density at radius 2 is 1.90 bits per heavy atom. The molecule has 3 rings (SSSR count). The lowest BCUT2D eigenvalue weighted by atomic mass is 10.0. The predicted molar refractivity (Wildman–Crippen MR) is 111 cm³/mol. The largest absolute Gasteiger partial charge is 0.573 e. The van der Waals surface area contributed by atoms with Crippen LogP contribution in [-0.2, 0) is 16.1 Å². The number of nitrogens with zero attached hydrogens (tertiary/aromatic N) is 2. The minimum atomic E-state index is -4.75. The molecule has 1 aromatic carbocycles. The van der Waals surface area contributed by atoms with Gasteiger partial charge in [0.15, 0.2) is 0 Å². The van der Waals surface area contributed by atoms with Gasteiger partial charge in [0.05, 0.1) is 23.8 Å². The first-order chi connectivity index (χ1) is 14.7. The number of halogens is 3. The highest BCUT2D eigenvalue weighted by Crippen LogP contribution is 2.37. The standard InChI is InChI=1S/C21H25F3N2O4S/c1-3-31-19-18(20(27)28)14(2)12-17(25-8-10-29-11-9-25)26(19)13-15-4-6-16(7-5-15)30-21(22,23)24/h4-7,12,17H,3,8-11,13H2,1-2H3,(H,27,28). The second-order valence-electron chi connectivity index (χ2n) is 7.15. The van der Waals surface area contributed by atoms with Crippen LogP contribution in [-0.4, -0.2) is 65.5 Å². The van der Waals surface area contributed by atoms with Gasteiger partial charge in [-0.1, -0.05) is 19.1 Å². The molecule has 1 atom stereocenters. The molecule has 2 heterocycles. The van der Waals surface area contributed by atoms with Gasteiger partial charge >= 0.3 is 12.3 Å². The lowest BCUT2D eigenvalue weighted by Gasteiger charge is -2.44. The maximum Gasteiger partial charge on any atom is 0.573 e. The number of benzene rings is 1. The van der Waals surface area contributed by atoms with Crippen molar-refractivity contribution < 1.29 is 32.5 Å². The monoisotopic (exact) mass is 458 g/mol. The summed E-state index contributed by atoms with van der Waals surface area (Å²) >= 11 is 1.45. The highest BCUT2D eigenvalue weighted by Gasteiger charge is 2.35. The zero-order valence-electron chi connectivity index (χ0n) is 17.3. The van der Waals surface area contributed by atoms with Crippen LogP contribution in [0.3, 0.4) is 0 Å². The number of carbonyl (C=O) groups is 1. The fourth-order valence-corrected chi connectivity index (χ4v) is 4.69. The van der Waals surface area contributed by atoms with Crippen molar-refractivity contribution in [3.05, 3.63) is 52.1 Å². The Hall–Kier alpha value is -2.17. The Kier molecular flexibility index (Phi) is 7.55. The minimum absolute atomic E-state index is 0.174. The van der Waals surface area contributed by atoms with Gasteiger partial charge in [0.1, 0.15) is 11.9 Å². The van der Waals surface area contributed by atoms with Crippen molar-refractivity contribution >= 4 is 17.7 Å². The molecule has 1 fully saturated rings. The van der Waals surface area contributed by atoms with Crippen LogP contribution in [0.25, 0.3) is 0 Å². The fourth-order valence-electron chi connectivity index (χ4n) is 3.68. The van der Waals surface area contributed by atoms with E-state index in [1.54, 1.807) is 19.1 Å². The zero-order valence-corrected chi connectivity index (χ0v) is 18.1. The van der Waals surface area contributed by atoms with Gasteiger partial charge < -0.3 is 19.5 Å². The number of carboxylic acids is 1. The topological polar surface area (TPSA) is 62.2 Å². The van der Waals surface area contributed by atoms with E-state index < -0.39 is 12.3 Å². The van der Waals surface area contributed by atoms with E-state index in [-0.39, 0.29) is 17.5 Å². The van der Waals surface area contributed by atoms with Crippen LogP contribution in [0.1, 0.15) is 19.4 Å². The van der Waals surface area contributed by atoms with Gasteiger partial charge in [0.2, 0.25) is 0 Å². The van der Waals surface area contributed by atoms with Gasteiger partial charge in [-0.3, -0.25) is 4.90 Å². The van der Waals surface area contributed by atoms with E-state index >= 15 is 0 Å². The number of hydrogen-bond donors (Lipinski definition) is 1. The molecule has 2 aliphatic heterocycles. The molecular weight excluding hydrogens is 433 g/mol. The van der Waals surface area contributed by atoms with E-state index in [1.807, 2.05) is 17.9 Å². The van der Waals surface area contributed by atoms with Gasteiger partial charge in [0.25, 0.3) is 0 Å². The lowest BCUT2D eigenvalue weighted by Crippen LogP contribution is -2.52. The predicted octanol–water partition coefficient (Wildman–Crippen LogP) is 4.05. The summed E-state index contributed by atoms with van der Waals surface area (Å²) < 4.78 is 46.7. The summed E-state index contributed by atoms with van der Waals surface area (Å²) in [6.45, 7) is 6.69. The zero-order chi connectivity index (χ0) is 22.6. The summed E-state index contributed by atoms with van der Waals surface area (Å²) in [6, 6.07) is 5.67. The van der Waals surface area contributed by atoms with Crippen molar-refractivity contribution in [3.8, 4) is 5.75 Å². The summed E-state index contributed by atoms with van der Waals surface area (Å²) in [6.07, 6.45) is -2.98. The van der Waals surface area contributed by atoms with Crippen molar-refractivity contribution in [2.45, 2.75) is 32.9 Å². The fraction of sp³-hybridized carbons (Fsp3) is 0.476. The van der Waals surface area contributed by atoms with Gasteiger partial charge in [0, 0.05) is 19.6 Å². The maximum atomic E-state index is 12.4. The number of hydrogen-bond acceptors (Lipinski definition) is 6. The molecule has 0 spiro atoms. The third kappa shape index (κ3) is 5.96. The molecule has 31 heavy (non-hydrogen) atoms. The van der Waals surface area contributed by atoms with Crippen LogP contribution < -0.4 is 4.74 Å². The second-order valence-corrected chi connectivity index (χ2v) is 8.40. The van der Waals surface area contributed by atoms with E-state index in [0.717, 1.165) is 5.56 Å². The average Bonchev–Trinajstić information content (AvgIpc) is 2.70. The molecule has 10 heteroatoms. The Morgan fingerprint density at radius 3 is 2.45 bits per heavy atom. The molecule has 1 saturated heterocycles. The van der Waals surface area contributed by atoms with Crippen LogP contribution in [0.5, 0.6) is 5.75 Å². The van der Waals surface area contributed by atoms with Crippen LogP contribution in [0.15, 0.2) is 46.5 Å². The Bertz CT molecular complexity index is 849. The lowest BCUT2D eigenvalue weighted by molar-refractivity contribution is -0.274. The summed E-state index contributed by atoms with van der Waals surface area (Å²) in [5, 5.41) is 10.5. The van der Waals surface area contributed by atoms with Crippen molar-refractivity contribution in [3.63, 3.8) is 0 Å². The molecule has 2 aliphatic rings. The number of carboxylic acid groups (broad SMARTS) is 1. The number of thioether (sulfide) groups is 1. The molecule has 0 aliphatic carbocycles. The van der Waals surface area contributed by atoms with Gasteiger partial charge in [-0.05, 0) is 42.0 Å². The molecule has 0 radical (unpaired) electrons. The molecule has 1 aromatic rings. The van der Waals surface area contributed by atoms with Gasteiger partial charge in [-0.15, -0.1) is 24.9 Å². The molecule has 0 bridgehead atoms. The number of rotatable bonds is 7. The summed E-state index contributed by atoms with van der Waals surface area (Å²) in [5.74, 6) is -0.603. The van der Waals surface area contributed by atoms with E-state index in [2.05, 4.69) is 9.64 Å². The van der Waals surface area contributed by atoms with Crippen LogP contribution in [0.4, 0.5) is 13.2 Å².